The van der Waals surface area contributed by atoms with Crippen molar-refractivity contribution in [2.75, 3.05) is 13.5 Å². The number of ether oxygens (including phenoxy) is 1. The normalized spacial score (nSPS) is 21.8. The van der Waals surface area contributed by atoms with Gasteiger partial charge in [0.2, 0.25) is 0 Å². The molecule has 2 nitrogen and oxygen atoms in total. The first-order valence-electron chi connectivity index (χ1n) is 12.6. The summed E-state index contributed by atoms with van der Waals surface area (Å²) in [7, 11) is 0. The lowest BCUT2D eigenvalue weighted by atomic mass is 10.1. The first kappa shape index (κ1) is 5.41. The summed E-state index contributed by atoms with van der Waals surface area (Å²) in [6.45, 7) is -2.62. The Morgan fingerprint density at radius 2 is 2.10 bits per heavy atom. The second-order valence-corrected chi connectivity index (χ2v) is 4.94. The summed E-state index contributed by atoms with van der Waals surface area (Å²) in [5, 5.41) is 1.48. The van der Waals surface area contributed by atoms with Gasteiger partial charge in [0.25, 0.3) is 0 Å². The van der Waals surface area contributed by atoms with Gasteiger partial charge in [-0.3, -0.25) is 0 Å². The van der Waals surface area contributed by atoms with Crippen molar-refractivity contribution in [2.24, 2.45) is 0 Å². The van der Waals surface area contributed by atoms with Gasteiger partial charge in [-0.1, -0.05) is 42.3 Å². The lowest BCUT2D eigenvalue weighted by molar-refractivity contribution is 0.201. The predicted molar refractivity (Wildman–Crippen MR) is 90.2 cm³/mol. The number of thiophene rings is 1. The van der Waals surface area contributed by atoms with Crippen molar-refractivity contribution in [3.8, 4) is 5.75 Å². The van der Waals surface area contributed by atoms with Crippen LogP contribution in [0.15, 0.2) is 59.7 Å². The van der Waals surface area contributed by atoms with E-state index in [1.54, 1.807) is 0 Å². The molecule has 3 aromatic rings. The fourth-order valence-corrected chi connectivity index (χ4v) is 2.42. The molecule has 0 bridgehead atoms. The van der Waals surface area contributed by atoms with Gasteiger partial charge in [-0.05, 0) is 36.3 Å². The van der Waals surface area contributed by atoms with Gasteiger partial charge in [-0.15, -0.1) is 11.3 Å². The van der Waals surface area contributed by atoms with Crippen LogP contribution in [0.1, 0.15) is 35.2 Å². The van der Waals surface area contributed by atoms with Crippen LogP contribution < -0.4 is 10.1 Å². The van der Waals surface area contributed by atoms with Crippen molar-refractivity contribution in [2.45, 2.75) is 12.5 Å². The van der Waals surface area contributed by atoms with Gasteiger partial charge >= 0.3 is 0 Å². The molecule has 108 valence electrons. The van der Waals surface area contributed by atoms with Crippen LogP contribution in [0.3, 0.4) is 0 Å². The van der Waals surface area contributed by atoms with Gasteiger partial charge in [0.05, 0.1) is 13.7 Å². The van der Waals surface area contributed by atoms with E-state index in [0.717, 1.165) is 11.3 Å². The molecule has 0 radical (unpaired) electrons. The third-order valence-corrected chi connectivity index (χ3v) is 3.55. The van der Waals surface area contributed by atoms with E-state index in [1.165, 1.54) is 0 Å². The molecule has 0 spiro atoms. The van der Waals surface area contributed by atoms with Crippen molar-refractivity contribution in [3.63, 3.8) is 0 Å². The monoisotopic (exact) mass is 310 g/mol. The third-order valence-electron chi connectivity index (χ3n) is 2.76. The summed E-state index contributed by atoms with van der Waals surface area (Å²) < 4.78 is 109. The Bertz CT molecular complexity index is 1260. The number of rotatable bonds is 6. The smallest absolute Gasteiger partial charge is 0.134 e. The zero-order valence-electron chi connectivity index (χ0n) is 23.8. The SMILES string of the molecule is [2H]c1sc(C(CCNC([2H])([2H])[2H])Oc2c([2H])c([2H])c([2H])c3c([2H])c([2H])c([2H])c([2H])c23)c([2H])c1[2H]. The molecule has 21 heavy (non-hydrogen) atoms. The van der Waals surface area contributed by atoms with Crippen LogP contribution in [0, 0.1) is 0 Å². The molecule has 0 amide bonds. The maximum absolute atomic E-state index is 8.33. The fourth-order valence-electron chi connectivity index (χ4n) is 1.81. The minimum absolute atomic E-state index is 0.0914. The first-order valence-corrected chi connectivity index (χ1v) is 6.97. The van der Waals surface area contributed by atoms with Crippen LogP contribution in [0.5, 0.6) is 5.75 Å². The van der Waals surface area contributed by atoms with Crippen LogP contribution in [0.2, 0.25) is 0 Å². The maximum Gasteiger partial charge on any atom is 0.134 e. The first-order chi connectivity index (χ1) is 15.7. The van der Waals surface area contributed by atoms with Crippen molar-refractivity contribution >= 4 is 22.1 Å². The Morgan fingerprint density at radius 3 is 2.95 bits per heavy atom. The van der Waals surface area contributed by atoms with Crippen molar-refractivity contribution < 1.29 is 22.6 Å². The van der Waals surface area contributed by atoms with Crippen LogP contribution in [-0.2, 0) is 0 Å². The van der Waals surface area contributed by atoms with E-state index in [-0.39, 0.29) is 46.1 Å². The maximum atomic E-state index is 8.33. The van der Waals surface area contributed by atoms with Crippen molar-refractivity contribution in [1.29, 1.82) is 0 Å². The third kappa shape index (κ3) is 3.26. The van der Waals surface area contributed by atoms with Crippen LogP contribution >= 0.6 is 11.3 Å². The molecule has 0 saturated carbocycles. The van der Waals surface area contributed by atoms with E-state index in [9.17, 15) is 0 Å². The van der Waals surface area contributed by atoms with E-state index in [2.05, 4.69) is 5.32 Å². The quantitative estimate of drug-likeness (QED) is 0.716. The molecule has 1 aromatic heterocycles. The number of nitrogens with one attached hydrogen (secondary N) is 1. The van der Waals surface area contributed by atoms with E-state index in [4.69, 9.17) is 22.6 Å². The molecule has 0 aliphatic rings. The molecule has 0 fully saturated rings. The minimum Gasteiger partial charge on any atom is -0.484 e. The Labute approximate surface area is 147 Å². The number of hydrogen-bond donors (Lipinski definition) is 1. The molecule has 1 N–H and O–H groups in total. The number of benzene rings is 2. The molecule has 1 atom stereocenters. The number of hydrogen-bond acceptors (Lipinski definition) is 3. The molecular formula is C18H19NOS. The second-order valence-electron chi connectivity index (χ2n) is 4.09. The molecule has 0 aliphatic carbocycles. The zero-order chi connectivity index (χ0) is 25.7. The summed E-state index contributed by atoms with van der Waals surface area (Å²) in [5.41, 5.74) is 0. The lowest BCUT2D eigenvalue weighted by Gasteiger charge is -2.19. The summed E-state index contributed by atoms with van der Waals surface area (Å²) in [4.78, 5) is 0.0946. The van der Waals surface area contributed by atoms with Gasteiger partial charge < -0.3 is 10.1 Å². The van der Waals surface area contributed by atoms with Gasteiger partial charge in [-0.25, -0.2) is 0 Å². The highest BCUT2D eigenvalue weighted by atomic mass is 32.1. The Balaban J connectivity index is 2.23. The summed E-state index contributed by atoms with van der Waals surface area (Å²) >= 11 is 0.760. The minimum atomic E-state index is -2.47. The molecule has 0 aliphatic heterocycles. The van der Waals surface area contributed by atoms with E-state index in [1.807, 2.05) is 0 Å². The highest BCUT2D eigenvalue weighted by molar-refractivity contribution is 7.10. The van der Waals surface area contributed by atoms with Crippen molar-refractivity contribution in [3.05, 3.63) is 64.6 Å². The summed E-state index contributed by atoms with van der Waals surface area (Å²) in [6, 6.07) is -4.89. The fraction of sp³-hybridized carbons (Fsp3) is 0.222. The largest absolute Gasteiger partial charge is 0.484 e. The van der Waals surface area contributed by atoms with Crippen LogP contribution in [-0.4, -0.2) is 13.5 Å². The highest BCUT2D eigenvalue weighted by Crippen LogP contribution is 2.32. The van der Waals surface area contributed by atoms with Crippen LogP contribution in [0.25, 0.3) is 10.8 Å². The Morgan fingerprint density at radius 1 is 1.19 bits per heavy atom. The Hall–Kier alpha value is -1.84. The number of fused-ring (bicyclic) bond motifs is 1. The summed E-state index contributed by atoms with van der Waals surface area (Å²) in [5.74, 6) is -0.423. The van der Waals surface area contributed by atoms with Gasteiger partial charge in [-0.2, -0.15) is 0 Å². The average Bonchev–Trinajstić information content (AvgIpc) is 3.01. The molecule has 1 unspecified atom stereocenters. The second kappa shape index (κ2) is 6.74. The molecule has 3 rings (SSSR count). The van der Waals surface area contributed by atoms with Crippen LogP contribution in [0.4, 0.5) is 0 Å². The predicted octanol–water partition coefficient (Wildman–Crippen LogP) is 4.63. The molecule has 2 aromatic carbocycles. The van der Waals surface area contributed by atoms with Gasteiger partial charge in [0.15, 0.2) is 0 Å². The van der Waals surface area contributed by atoms with E-state index in [0.29, 0.717) is 0 Å². The van der Waals surface area contributed by atoms with Gasteiger partial charge in [0.1, 0.15) is 11.9 Å². The van der Waals surface area contributed by atoms with Gasteiger partial charge in [0, 0.05) is 20.8 Å². The Kier molecular flexibility index (Phi) is 1.74. The average molecular weight is 311 g/mol. The molecular weight excluding hydrogens is 278 g/mol. The summed E-state index contributed by atoms with van der Waals surface area (Å²) in [6.07, 6.45) is -1.26. The van der Waals surface area contributed by atoms with E-state index < -0.39 is 61.1 Å². The molecule has 0 saturated heterocycles. The van der Waals surface area contributed by atoms with Crippen molar-refractivity contribution in [1.82, 2.24) is 5.32 Å². The standard InChI is InChI=1S/C18H19NOS/c1-19-12-11-17(18-10-5-13-21-18)20-16-9-4-7-14-6-2-3-8-15(14)16/h2-10,13,17,19H,11-12H2,1H3/i1D3,2D,3D,4D,5D,6D,7D,8D,9D,10D,13D. The highest BCUT2D eigenvalue weighted by Gasteiger charge is 2.15. The lowest BCUT2D eigenvalue weighted by Crippen LogP contribution is -2.15. The molecule has 1 heterocycles. The van der Waals surface area contributed by atoms with E-state index >= 15 is 0 Å². The molecule has 3 heteroatoms. The topological polar surface area (TPSA) is 21.3 Å². The zero-order valence-corrected chi connectivity index (χ0v) is 11.6.